The van der Waals surface area contributed by atoms with Crippen molar-refractivity contribution in [3.05, 3.63) is 34.5 Å². The molecule has 4 unspecified atom stereocenters. The van der Waals surface area contributed by atoms with Crippen LogP contribution in [0.2, 0.25) is 0 Å². The number of nitrogens with one attached hydrogen (secondary N) is 1. The molecule has 1 fully saturated rings. The van der Waals surface area contributed by atoms with Gasteiger partial charge in [0.2, 0.25) is 0 Å². The summed E-state index contributed by atoms with van der Waals surface area (Å²) in [6, 6.07) is 0.444. The van der Waals surface area contributed by atoms with Gasteiger partial charge in [0.15, 0.2) is 12.0 Å². The first kappa shape index (κ1) is 19.9. The van der Waals surface area contributed by atoms with Crippen molar-refractivity contribution in [3.63, 3.8) is 0 Å². The van der Waals surface area contributed by atoms with Gasteiger partial charge in [-0.05, 0) is 27.0 Å². The van der Waals surface area contributed by atoms with E-state index in [9.17, 15) is 14.3 Å². The molecule has 1 saturated heterocycles. The zero-order valence-corrected chi connectivity index (χ0v) is 17.2. The van der Waals surface area contributed by atoms with Crippen LogP contribution in [0.5, 0.6) is 0 Å². The van der Waals surface area contributed by atoms with E-state index in [0.29, 0.717) is 30.0 Å². The number of piperazine rings is 1. The largest absolute Gasteiger partial charge is 0.467 e. The number of rotatable bonds is 1. The molecule has 0 amide bonds. The average Bonchev–Trinajstić information content (AvgIpc) is 2.69. The lowest BCUT2D eigenvalue weighted by molar-refractivity contribution is -0.145. The van der Waals surface area contributed by atoms with E-state index >= 15 is 4.39 Å². The van der Waals surface area contributed by atoms with Crippen LogP contribution in [0.15, 0.2) is 11.8 Å². The van der Waals surface area contributed by atoms with Crippen molar-refractivity contribution >= 4 is 17.4 Å². The molecule has 0 saturated carbocycles. The summed E-state index contributed by atoms with van der Waals surface area (Å²) in [6.07, 6.45) is -1.21. The van der Waals surface area contributed by atoms with Gasteiger partial charge >= 0.3 is 5.97 Å². The lowest BCUT2D eigenvalue weighted by Crippen LogP contribution is -2.68. The Balaban J connectivity index is 1.95. The van der Waals surface area contributed by atoms with Crippen LogP contribution >= 0.6 is 0 Å². The molecule has 0 radical (unpaired) electrons. The summed E-state index contributed by atoms with van der Waals surface area (Å²) in [4.78, 5) is 18.0. The predicted octanol–water partition coefficient (Wildman–Crippen LogP) is 0.859. The normalized spacial score (nSPS) is 29.1. The van der Waals surface area contributed by atoms with E-state index in [1.807, 2.05) is 18.9 Å². The third kappa shape index (κ3) is 2.78. The number of esters is 1. The highest BCUT2D eigenvalue weighted by Crippen LogP contribution is 2.44. The molecule has 1 aromatic carbocycles. The van der Waals surface area contributed by atoms with Crippen LogP contribution in [0.3, 0.4) is 0 Å². The first-order chi connectivity index (χ1) is 13.7. The SMILES string of the molecule is COC(=O)C1NC2=C(c3cc(F)c(C)c(F)c3N(C)C2O)N2CC(C)N(C)CC12. The van der Waals surface area contributed by atoms with E-state index in [-0.39, 0.29) is 23.3 Å². The van der Waals surface area contributed by atoms with Gasteiger partial charge in [-0.1, -0.05) is 0 Å². The molecule has 29 heavy (non-hydrogen) atoms. The molecule has 4 atom stereocenters. The Labute approximate surface area is 168 Å². The van der Waals surface area contributed by atoms with Crippen LogP contribution in [0.4, 0.5) is 14.5 Å². The number of aliphatic hydroxyl groups is 1. The second kappa shape index (κ2) is 6.84. The third-order valence-corrected chi connectivity index (χ3v) is 6.44. The van der Waals surface area contributed by atoms with E-state index in [4.69, 9.17) is 4.74 Å². The highest BCUT2D eigenvalue weighted by molar-refractivity contribution is 5.86. The smallest absolute Gasteiger partial charge is 0.330 e. The maximum Gasteiger partial charge on any atom is 0.330 e. The Morgan fingerprint density at radius 1 is 1.31 bits per heavy atom. The molecular formula is C20H26F2N4O3. The summed E-state index contributed by atoms with van der Waals surface area (Å²) < 4.78 is 34.5. The molecule has 3 aliphatic rings. The zero-order valence-electron chi connectivity index (χ0n) is 17.2. The summed E-state index contributed by atoms with van der Waals surface area (Å²) >= 11 is 0. The average molecular weight is 408 g/mol. The van der Waals surface area contributed by atoms with Gasteiger partial charge in [0, 0.05) is 37.3 Å². The number of ether oxygens (including phenoxy) is 1. The fourth-order valence-electron chi connectivity index (χ4n) is 4.55. The van der Waals surface area contributed by atoms with Crippen molar-refractivity contribution in [2.75, 3.05) is 39.2 Å². The highest BCUT2D eigenvalue weighted by Gasteiger charge is 2.48. The van der Waals surface area contributed by atoms with Crippen LogP contribution < -0.4 is 10.2 Å². The summed E-state index contributed by atoms with van der Waals surface area (Å²) in [5.41, 5.74) is 1.32. The number of methoxy groups -OCH3 is 1. The zero-order chi connectivity index (χ0) is 21.2. The molecule has 3 heterocycles. The van der Waals surface area contributed by atoms with Crippen molar-refractivity contribution in [2.24, 2.45) is 0 Å². The van der Waals surface area contributed by atoms with Gasteiger partial charge < -0.3 is 25.0 Å². The Morgan fingerprint density at radius 2 is 2.00 bits per heavy atom. The molecule has 1 aromatic rings. The number of carbonyl (C=O) groups excluding carboxylic acids is 1. The monoisotopic (exact) mass is 408 g/mol. The number of hydrogen-bond donors (Lipinski definition) is 2. The molecule has 2 N–H and O–H groups in total. The number of halogens is 2. The molecule has 0 bridgehead atoms. The van der Waals surface area contributed by atoms with Gasteiger partial charge in [0.25, 0.3) is 0 Å². The number of likely N-dealkylation sites (N-methyl/N-ethyl adjacent to an activating group) is 2. The number of aliphatic hydroxyl groups excluding tert-OH is 1. The Morgan fingerprint density at radius 3 is 2.66 bits per heavy atom. The summed E-state index contributed by atoms with van der Waals surface area (Å²) in [7, 11) is 4.83. The molecule has 4 rings (SSSR count). The van der Waals surface area contributed by atoms with Crippen LogP contribution in [0.1, 0.15) is 18.1 Å². The van der Waals surface area contributed by atoms with E-state index < -0.39 is 29.9 Å². The number of anilines is 1. The maximum absolute atomic E-state index is 15.0. The number of hydrogen-bond acceptors (Lipinski definition) is 7. The van der Waals surface area contributed by atoms with Crippen molar-refractivity contribution in [2.45, 2.75) is 38.2 Å². The van der Waals surface area contributed by atoms with Crippen LogP contribution in [-0.4, -0.2) is 79.5 Å². The molecule has 9 heteroatoms. The minimum absolute atomic E-state index is 0.0913. The molecule has 3 aliphatic heterocycles. The second-order valence-corrected chi connectivity index (χ2v) is 8.09. The van der Waals surface area contributed by atoms with Gasteiger partial charge in [-0.25, -0.2) is 13.6 Å². The lowest BCUT2D eigenvalue weighted by atomic mass is 9.89. The van der Waals surface area contributed by atoms with E-state index in [0.717, 1.165) is 0 Å². The number of fused-ring (bicyclic) bond motifs is 4. The van der Waals surface area contributed by atoms with E-state index in [1.54, 1.807) is 7.05 Å². The van der Waals surface area contributed by atoms with E-state index in [1.165, 1.54) is 25.0 Å². The fraction of sp³-hybridized carbons (Fsp3) is 0.550. The number of nitrogens with zero attached hydrogens (tertiary/aromatic N) is 3. The highest BCUT2D eigenvalue weighted by atomic mass is 19.1. The van der Waals surface area contributed by atoms with Gasteiger partial charge in [-0.2, -0.15) is 0 Å². The topological polar surface area (TPSA) is 68.3 Å². The number of benzene rings is 1. The summed E-state index contributed by atoms with van der Waals surface area (Å²) in [6.45, 7) is 4.53. The number of carbonyl (C=O) groups is 1. The molecule has 0 aromatic heterocycles. The van der Waals surface area contributed by atoms with Crippen molar-refractivity contribution in [1.29, 1.82) is 0 Å². The van der Waals surface area contributed by atoms with Crippen LogP contribution in [0, 0.1) is 18.6 Å². The minimum Gasteiger partial charge on any atom is -0.467 e. The standard InChI is InChI=1S/C20H26F2N4O3/c1-9-7-26-13(8-24(9)3)15(20(28)29-5)23-16-18(26)11-6-12(21)10(2)14(22)17(11)25(4)19(16)27/h6,9,13,15,19,23,27H,7-8H2,1-5H3. The second-order valence-electron chi connectivity index (χ2n) is 8.09. The first-order valence-electron chi connectivity index (χ1n) is 9.62. The van der Waals surface area contributed by atoms with Gasteiger partial charge in [0.1, 0.15) is 11.9 Å². The Bertz CT molecular complexity index is 906. The molecular weight excluding hydrogens is 382 g/mol. The third-order valence-electron chi connectivity index (χ3n) is 6.44. The summed E-state index contributed by atoms with van der Waals surface area (Å²) in [5.74, 6) is -1.79. The molecule has 0 spiro atoms. The van der Waals surface area contributed by atoms with Crippen molar-refractivity contribution in [1.82, 2.24) is 15.1 Å². The predicted molar refractivity (Wildman–Crippen MR) is 104 cm³/mol. The van der Waals surface area contributed by atoms with E-state index in [2.05, 4.69) is 10.2 Å². The quantitative estimate of drug-likeness (QED) is 0.668. The summed E-state index contributed by atoms with van der Waals surface area (Å²) in [5, 5.41) is 14.1. The van der Waals surface area contributed by atoms with Crippen LogP contribution in [-0.2, 0) is 9.53 Å². The molecule has 7 nitrogen and oxygen atoms in total. The lowest BCUT2D eigenvalue weighted by Gasteiger charge is -2.54. The fourth-order valence-corrected chi connectivity index (χ4v) is 4.55. The minimum atomic E-state index is -1.21. The first-order valence-corrected chi connectivity index (χ1v) is 9.62. The molecule has 158 valence electrons. The van der Waals surface area contributed by atoms with Crippen molar-refractivity contribution < 1.29 is 23.4 Å². The van der Waals surface area contributed by atoms with Crippen molar-refractivity contribution in [3.8, 4) is 0 Å². The van der Waals surface area contributed by atoms with Gasteiger partial charge in [-0.15, -0.1) is 0 Å². The van der Waals surface area contributed by atoms with Gasteiger partial charge in [-0.3, -0.25) is 4.90 Å². The van der Waals surface area contributed by atoms with Crippen LogP contribution in [0.25, 0.3) is 5.70 Å². The Hall–Kier alpha value is -2.39. The molecule has 0 aliphatic carbocycles. The maximum atomic E-state index is 15.0. The van der Waals surface area contributed by atoms with Gasteiger partial charge in [0.05, 0.1) is 30.2 Å². The Kier molecular flexibility index (Phi) is 4.70.